The number of fused-ring (bicyclic) bond motifs is 1. The first kappa shape index (κ1) is 20.4. The van der Waals surface area contributed by atoms with Crippen LogP contribution in [0.15, 0.2) is 24.3 Å². The minimum Gasteiger partial charge on any atom is -0.335 e. The largest absolute Gasteiger partial charge is 0.335 e. The van der Waals surface area contributed by atoms with Crippen LogP contribution in [0, 0.1) is 0 Å². The number of piperazine rings is 1. The molecule has 0 bridgehead atoms. The highest BCUT2D eigenvalue weighted by Crippen LogP contribution is 2.18. The topological polar surface area (TPSA) is 81.3 Å². The van der Waals surface area contributed by atoms with Gasteiger partial charge >= 0.3 is 0 Å². The summed E-state index contributed by atoms with van der Waals surface area (Å²) in [7, 11) is 0. The zero-order valence-corrected chi connectivity index (χ0v) is 16.8. The Labute approximate surface area is 170 Å². The molecule has 8 heteroatoms. The van der Waals surface area contributed by atoms with E-state index in [0.717, 1.165) is 30.6 Å². The Morgan fingerprint density at radius 2 is 1.68 bits per heavy atom. The van der Waals surface area contributed by atoms with Crippen LogP contribution in [0.25, 0.3) is 0 Å². The van der Waals surface area contributed by atoms with Crippen LogP contribution in [0.3, 0.4) is 0 Å². The molecule has 150 valence electrons. The summed E-state index contributed by atoms with van der Waals surface area (Å²) in [5.74, 6) is -0.0123. The van der Waals surface area contributed by atoms with E-state index in [4.69, 9.17) is 0 Å². The van der Waals surface area contributed by atoms with Crippen LogP contribution in [0.1, 0.15) is 44.6 Å². The molecule has 1 aromatic carbocycles. The maximum atomic E-state index is 12.9. The molecule has 0 aliphatic carbocycles. The highest BCUT2D eigenvalue weighted by Gasteiger charge is 2.29. The smallest absolute Gasteiger partial charge is 0.274 e. The molecule has 28 heavy (non-hydrogen) atoms. The second-order valence-electron chi connectivity index (χ2n) is 7.09. The SMILES string of the molecule is CCc1ccc(C(=O)N2CCN(C(=O)c3n[nH]c4c3CNCC4)CC2)cc1.Cl. The van der Waals surface area contributed by atoms with E-state index in [9.17, 15) is 9.59 Å². The van der Waals surface area contributed by atoms with E-state index in [-0.39, 0.29) is 24.2 Å². The van der Waals surface area contributed by atoms with Crippen molar-refractivity contribution in [3.8, 4) is 0 Å². The van der Waals surface area contributed by atoms with Gasteiger partial charge in [-0.15, -0.1) is 12.4 Å². The van der Waals surface area contributed by atoms with Crippen LogP contribution in [-0.2, 0) is 19.4 Å². The number of halogens is 1. The van der Waals surface area contributed by atoms with Crippen molar-refractivity contribution in [2.75, 3.05) is 32.7 Å². The fraction of sp³-hybridized carbons (Fsp3) is 0.450. The van der Waals surface area contributed by atoms with Crippen LogP contribution in [0.5, 0.6) is 0 Å². The molecule has 1 aromatic heterocycles. The van der Waals surface area contributed by atoms with E-state index in [1.807, 2.05) is 29.2 Å². The van der Waals surface area contributed by atoms with Gasteiger partial charge in [-0.2, -0.15) is 5.10 Å². The maximum Gasteiger partial charge on any atom is 0.274 e. The van der Waals surface area contributed by atoms with Crippen molar-refractivity contribution >= 4 is 24.2 Å². The third-order valence-electron chi connectivity index (χ3n) is 5.47. The zero-order valence-electron chi connectivity index (χ0n) is 16.0. The van der Waals surface area contributed by atoms with Gasteiger partial charge in [-0.1, -0.05) is 19.1 Å². The first-order valence-electron chi connectivity index (χ1n) is 9.61. The van der Waals surface area contributed by atoms with E-state index >= 15 is 0 Å². The second-order valence-corrected chi connectivity index (χ2v) is 7.09. The number of carbonyl (C=O) groups excluding carboxylic acids is 2. The van der Waals surface area contributed by atoms with Gasteiger partial charge in [0.15, 0.2) is 5.69 Å². The molecule has 1 fully saturated rings. The summed E-state index contributed by atoms with van der Waals surface area (Å²) in [5, 5.41) is 10.5. The fourth-order valence-electron chi connectivity index (χ4n) is 3.73. The minimum absolute atomic E-state index is 0. The maximum absolute atomic E-state index is 12.9. The van der Waals surface area contributed by atoms with Crippen LogP contribution in [-0.4, -0.2) is 64.5 Å². The third kappa shape index (κ3) is 3.91. The van der Waals surface area contributed by atoms with Crippen molar-refractivity contribution in [1.29, 1.82) is 0 Å². The lowest BCUT2D eigenvalue weighted by molar-refractivity contribution is 0.0531. The second kappa shape index (κ2) is 8.75. The Bertz CT molecular complexity index is 841. The van der Waals surface area contributed by atoms with E-state index in [1.165, 1.54) is 5.56 Å². The van der Waals surface area contributed by atoms with Crippen LogP contribution < -0.4 is 5.32 Å². The Balaban J connectivity index is 0.00000225. The molecule has 0 spiro atoms. The molecule has 0 radical (unpaired) electrons. The quantitative estimate of drug-likeness (QED) is 0.816. The third-order valence-corrected chi connectivity index (χ3v) is 5.47. The molecule has 7 nitrogen and oxygen atoms in total. The molecule has 2 aliphatic heterocycles. The first-order valence-corrected chi connectivity index (χ1v) is 9.61. The van der Waals surface area contributed by atoms with Crippen molar-refractivity contribution in [1.82, 2.24) is 25.3 Å². The van der Waals surface area contributed by atoms with Crippen LogP contribution >= 0.6 is 12.4 Å². The molecule has 2 N–H and O–H groups in total. The van der Waals surface area contributed by atoms with Gasteiger partial charge in [0, 0.05) is 62.5 Å². The van der Waals surface area contributed by atoms with Crippen molar-refractivity contribution in [2.24, 2.45) is 0 Å². The van der Waals surface area contributed by atoms with Crippen LogP contribution in [0.4, 0.5) is 0 Å². The number of H-pyrrole nitrogens is 1. The standard InChI is InChI=1S/C20H25N5O2.ClH/c1-2-14-3-5-15(6-4-14)19(26)24-9-11-25(12-10-24)20(27)18-16-13-21-8-7-17(16)22-23-18;/h3-6,21H,2,7-13H2,1H3,(H,22,23);1H. The molecule has 1 saturated heterocycles. The summed E-state index contributed by atoms with van der Waals surface area (Å²) in [4.78, 5) is 29.2. The molecule has 0 saturated carbocycles. The van der Waals surface area contributed by atoms with Gasteiger partial charge in [-0.3, -0.25) is 14.7 Å². The summed E-state index contributed by atoms with van der Waals surface area (Å²) < 4.78 is 0. The van der Waals surface area contributed by atoms with Gasteiger partial charge in [0.05, 0.1) is 0 Å². The molecule has 2 aromatic rings. The Morgan fingerprint density at radius 3 is 2.32 bits per heavy atom. The number of amides is 2. The van der Waals surface area contributed by atoms with Gasteiger partial charge in [-0.05, 0) is 24.1 Å². The molecule has 2 amide bonds. The number of aromatic nitrogens is 2. The lowest BCUT2D eigenvalue weighted by Crippen LogP contribution is -2.50. The number of aryl methyl sites for hydroxylation is 1. The lowest BCUT2D eigenvalue weighted by atomic mass is 10.1. The molecule has 3 heterocycles. The number of hydrogen-bond donors (Lipinski definition) is 2. The van der Waals surface area contributed by atoms with Gasteiger partial charge < -0.3 is 15.1 Å². The Hall–Kier alpha value is -2.38. The van der Waals surface area contributed by atoms with Crippen molar-refractivity contribution in [2.45, 2.75) is 26.3 Å². The number of nitrogens with one attached hydrogen (secondary N) is 2. The highest BCUT2D eigenvalue weighted by atomic mass is 35.5. The number of nitrogens with zero attached hydrogens (tertiary/aromatic N) is 3. The Kier molecular flexibility index (Phi) is 6.36. The lowest BCUT2D eigenvalue weighted by Gasteiger charge is -2.34. The number of aromatic amines is 1. The average Bonchev–Trinajstić information content (AvgIpc) is 3.17. The van der Waals surface area contributed by atoms with Crippen molar-refractivity contribution < 1.29 is 9.59 Å². The van der Waals surface area contributed by atoms with E-state index in [1.54, 1.807) is 4.90 Å². The van der Waals surface area contributed by atoms with Crippen molar-refractivity contribution in [3.05, 3.63) is 52.3 Å². The summed E-state index contributed by atoms with van der Waals surface area (Å²) in [5.41, 5.74) is 4.49. The minimum atomic E-state index is -0.0457. The number of hydrogen-bond acceptors (Lipinski definition) is 4. The number of carbonyl (C=O) groups is 2. The van der Waals surface area contributed by atoms with Gasteiger partial charge in [0.2, 0.25) is 0 Å². The predicted octanol–water partition coefficient (Wildman–Crippen LogP) is 1.64. The summed E-state index contributed by atoms with van der Waals surface area (Å²) in [6.07, 6.45) is 1.83. The molecular weight excluding hydrogens is 378 g/mol. The molecule has 0 atom stereocenters. The monoisotopic (exact) mass is 403 g/mol. The normalized spacial score (nSPS) is 16.3. The average molecular weight is 404 g/mol. The number of rotatable bonds is 3. The molecule has 2 aliphatic rings. The van der Waals surface area contributed by atoms with Crippen LogP contribution in [0.2, 0.25) is 0 Å². The molecular formula is C20H26ClN5O2. The van der Waals surface area contributed by atoms with E-state index in [0.29, 0.717) is 44.0 Å². The van der Waals surface area contributed by atoms with E-state index in [2.05, 4.69) is 22.4 Å². The predicted molar refractivity (Wildman–Crippen MR) is 109 cm³/mol. The van der Waals surface area contributed by atoms with Gasteiger partial charge in [0.1, 0.15) is 0 Å². The highest BCUT2D eigenvalue weighted by molar-refractivity contribution is 5.96. The van der Waals surface area contributed by atoms with Gasteiger partial charge in [-0.25, -0.2) is 0 Å². The van der Waals surface area contributed by atoms with E-state index < -0.39 is 0 Å². The molecule has 4 rings (SSSR count). The van der Waals surface area contributed by atoms with Crippen molar-refractivity contribution in [3.63, 3.8) is 0 Å². The van der Waals surface area contributed by atoms with Gasteiger partial charge in [0.25, 0.3) is 11.8 Å². The summed E-state index contributed by atoms with van der Waals surface area (Å²) in [6, 6.07) is 7.78. The zero-order chi connectivity index (χ0) is 18.8. The number of benzene rings is 1. The summed E-state index contributed by atoms with van der Waals surface area (Å²) >= 11 is 0. The first-order chi connectivity index (χ1) is 13.2. The summed E-state index contributed by atoms with van der Waals surface area (Å²) in [6.45, 7) is 5.84. The molecule has 0 unspecified atom stereocenters. The fourth-order valence-corrected chi connectivity index (χ4v) is 3.73. The Morgan fingerprint density at radius 1 is 1.04 bits per heavy atom.